The molecule has 0 bridgehead atoms. The van der Waals surface area contributed by atoms with Crippen LogP contribution in [0.3, 0.4) is 0 Å². The first-order valence-electron chi connectivity index (χ1n) is 3.41. The summed E-state index contributed by atoms with van der Waals surface area (Å²) >= 11 is 0. The van der Waals surface area contributed by atoms with Gasteiger partial charge in [-0.15, -0.1) is 0 Å². The van der Waals surface area contributed by atoms with Gasteiger partial charge in [0, 0.05) is 6.21 Å². The van der Waals surface area contributed by atoms with Crippen molar-refractivity contribution in [1.29, 1.82) is 0 Å². The third kappa shape index (κ3) is 0.396. The van der Waals surface area contributed by atoms with E-state index in [0.717, 1.165) is 11.8 Å². The van der Waals surface area contributed by atoms with E-state index in [0.29, 0.717) is 6.04 Å². The van der Waals surface area contributed by atoms with Crippen LogP contribution in [0.25, 0.3) is 0 Å². The summed E-state index contributed by atoms with van der Waals surface area (Å²) in [4.78, 5) is 4.34. The number of hydrogen-bond acceptors (Lipinski definition) is 1. The van der Waals surface area contributed by atoms with Crippen molar-refractivity contribution in [3.8, 4) is 0 Å². The predicted octanol–water partition coefficient (Wildman–Crippen LogP) is 1.49. The van der Waals surface area contributed by atoms with E-state index < -0.39 is 0 Å². The van der Waals surface area contributed by atoms with Gasteiger partial charge in [0.2, 0.25) is 0 Å². The van der Waals surface area contributed by atoms with Crippen LogP contribution >= 0.6 is 0 Å². The molecule has 1 nitrogen and oxygen atoms in total. The third-order valence-corrected chi connectivity index (χ3v) is 2.52. The molecule has 0 aromatic carbocycles. The van der Waals surface area contributed by atoms with E-state index in [1.807, 2.05) is 0 Å². The molecule has 1 aliphatic heterocycles. The van der Waals surface area contributed by atoms with E-state index in [-0.39, 0.29) is 0 Å². The average Bonchev–Trinajstić information content (AvgIpc) is 1.80. The van der Waals surface area contributed by atoms with Gasteiger partial charge in [0.25, 0.3) is 0 Å². The van der Waals surface area contributed by atoms with Gasteiger partial charge in [-0.1, -0.05) is 0 Å². The molecule has 8 heavy (non-hydrogen) atoms. The Morgan fingerprint density at radius 3 is 2.62 bits per heavy atom. The van der Waals surface area contributed by atoms with E-state index in [1.165, 1.54) is 12.8 Å². The van der Waals surface area contributed by atoms with Crippen LogP contribution in [0.5, 0.6) is 0 Å². The van der Waals surface area contributed by atoms with Crippen molar-refractivity contribution in [2.45, 2.75) is 25.8 Å². The Bertz CT molecular complexity index is 120. The Kier molecular flexibility index (Phi) is 0.758. The quantitative estimate of drug-likeness (QED) is 0.447. The smallest absolute Gasteiger partial charge is 0.0502 e. The van der Waals surface area contributed by atoms with E-state index >= 15 is 0 Å². The summed E-state index contributed by atoms with van der Waals surface area (Å²) in [6.07, 6.45) is 4.98. The van der Waals surface area contributed by atoms with Gasteiger partial charge in [-0.05, 0) is 31.6 Å². The number of nitrogens with zero attached hydrogens (tertiary/aromatic N) is 1. The van der Waals surface area contributed by atoms with Gasteiger partial charge in [0.05, 0.1) is 6.04 Å². The van der Waals surface area contributed by atoms with Crippen molar-refractivity contribution in [1.82, 2.24) is 0 Å². The molecule has 0 spiro atoms. The molecule has 0 amide bonds. The predicted molar refractivity (Wildman–Crippen MR) is 34.2 cm³/mol. The lowest BCUT2D eigenvalue weighted by Gasteiger charge is -2.30. The molecule has 1 aliphatic carbocycles. The van der Waals surface area contributed by atoms with Crippen LogP contribution in [0.15, 0.2) is 4.99 Å². The lowest BCUT2D eigenvalue weighted by Crippen LogP contribution is -2.28. The first-order valence-corrected chi connectivity index (χ1v) is 3.41. The second-order valence-electron chi connectivity index (χ2n) is 2.94. The Morgan fingerprint density at radius 2 is 2.38 bits per heavy atom. The van der Waals surface area contributed by atoms with Crippen molar-refractivity contribution < 1.29 is 0 Å². The van der Waals surface area contributed by atoms with Crippen LogP contribution in [0.4, 0.5) is 0 Å². The first kappa shape index (κ1) is 4.54. The van der Waals surface area contributed by atoms with Gasteiger partial charge in [0.15, 0.2) is 0 Å². The van der Waals surface area contributed by atoms with Crippen molar-refractivity contribution in [2.24, 2.45) is 16.8 Å². The summed E-state index contributed by atoms with van der Waals surface area (Å²) in [7, 11) is 0. The molecule has 3 atom stereocenters. The fourth-order valence-corrected chi connectivity index (χ4v) is 1.69. The molecule has 0 N–H and O–H groups in total. The molecule has 1 fully saturated rings. The van der Waals surface area contributed by atoms with Crippen LogP contribution in [-0.4, -0.2) is 12.3 Å². The van der Waals surface area contributed by atoms with E-state index in [1.54, 1.807) is 0 Å². The summed E-state index contributed by atoms with van der Waals surface area (Å²) < 4.78 is 0. The highest BCUT2D eigenvalue weighted by Crippen LogP contribution is 2.40. The largest absolute Gasteiger partial charge is 0.294 e. The standard InChI is InChI=1S/C7H11N/c1-5-7-3-2-6(7)4-8-5/h4-7H,2-3H2,1H3. The molecule has 1 heteroatoms. The maximum atomic E-state index is 4.34. The molecule has 44 valence electrons. The summed E-state index contributed by atoms with van der Waals surface area (Å²) in [5, 5.41) is 0. The molecular weight excluding hydrogens is 98.1 g/mol. The van der Waals surface area contributed by atoms with Crippen LogP contribution < -0.4 is 0 Å². The van der Waals surface area contributed by atoms with E-state index in [2.05, 4.69) is 18.1 Å². The zero-order chi connectivity index (χ0) is 5.56. The normalized spacial score (nSPS) is 50.9. The van der Waals surface area contributed by atoms with Crippen molar-refractivity contribution in [3.63, 3.8) is 0 Å². The summed E-state index contributed by atoms with van der Waals surface area (Å²) in [6.45, 7) is 2.22. The molecule has 0 aromatic rings. The average molecular weight is 109 g/mol. The highest BCUT2D eigenvalue weighted by molar-refractivity contribution is 5.65. The first-order chi connectivity index (χ1) is 3.88. The zero-order valence-corrected chi connectivity index (χ0v) is 5.17. The number of rotatable bonds is 0. The van der Waals surface area contributed by atoms with Gasteiger partial charge in [-0.2, -0.15) is 0 Å². The molecule has 0 saturated heterocycles. The summed E-state index contributed by atoms with van der Waals surface area (Å²) in [5.74, 6) is 1.82. The van der Waals surface area contributed by atoms with Gasteiger partial charge < -0.3 is 0 Å². The number of fused-ring (bicyclic) bond motifs is 1. The molecule has 2 rings (SSSR count). The highest BCUT2D eigenvalue weighted by atomic mass is 14.8. The Labute approximate surface area is 49.8 Å². The van der Waals surface area contributed by atoms with Gasteiger partial charge in [0.1, 0.15) is 0 Å². The molecule has 3 unspecified atom stereocenters. The fourth-order valence-electron chi connectivity index (χ4n) is 1.69. The van der Waals surface area contributed by atoms with Crippen LogP contribution in [0, 0.1) is 11.8 Å². The molecule has 0 radical (unpaired) electrons. The van der Waals surface area contributed by atoms with Crippen molar-refractivity contribution in [3.05, 3.63) is 0 Å². The van der Waals surface area contributed by atoms with Crippen molar-refractivity contribution >= 4 is 6.21 Å². The SMILES string of the molecule is CC1N=CC2CCC21. The second kappa shape index (κ2) is 1.34. The molecule has 0 aromatic heterocycles. The maximum Gasteiger partial charge on any atom is 0.0502 e. The van der Waals surface area contributed by atoms with Crippen LogP contribution in [0.1, 0.15) is 19.8 Å². The van der Waals surface area contributed by atoms with E-state index in [9.17, 15) is 0 Å². The summed E-state index contributed by atoms with van der Waals surface area (Å²) in [6, 6.07) is 0.647. The number of aliphatic imine (C=N–C) groups is 1. The zero-order valence-electron chi connectivity index (χ0n) is 5.17. The summed E-state index contributed by atoms with van der Waals surface area (Å²) in [5.41, 5.74) is 0. The number of hydrogen-bond donors (Lipinski definition) is 0. The van der Waals surface area contributed by atoms with Gasteiger partial charge >= 0.3 is 0 Å². The minimum absolute atomic E-state index is 0.647. The Balaban J connectivity index is 2.14. The molecule has 1 saturated carbocycles. The Morgan fingerprint density at radius 1 is 1.50 bits per heavy atom. The molecular formula is C7H11N. The lowest BCUT2D eigenvalue weighted by atomic mass is 9.73. The molecule has 2 aliphatic rings. The minimum Gasteiger partial charge on any atom is -0.294 e. The van der Waals surface area contributed by atoms with Gasteiger partial charge in [-0.25, -0.2) is 0 Å². The Hall–Kier alpha value is -0.330. The third-order valence-electron chi connectivity index (χ3n) is 2.52. The fraction of sp³-hybridized carbons (Fsp3) is 0.857. The van der Waals surface area contributed by atoms with Gasteiger partial charge in [-0.3, -0.25) is 4.99 Å². The van der Waals surface area contributed by atoms with Crippen molar-refractivity contribution in [2.75, 3.05) is 0 Å². The minimum atomic E-state index is 0.647. The topological polar surface area (TPSA) is 12.4 Å². The van der Waals surface area contributed by atoms with E-state index in [4.69, 9.17) is 0 Å². The lowest BCUT2D eigenvalue weighted by molar-refractivity contribution is 0.240. The van der Waals surface area contributed by atoms with Crippen LogP contribution in [0.2, 0.25) is 0 Å². The maximum absolute atomic E-state index is 4.34. The molecule has 1 heterocycles. The highest BCUT2D eigenvalue weighted by Gasteiger charge is 2.37. The second-order valence-corrected chi connectivity index (χ2v) is 2.94. The monoisotopic (exact) mass is 109 g/mol. The van der Waals surface area contributed by atoms with Crippen LogP contribution in [-0.2, 0) is 0 Å².